The number of nitrogens with two attached hydrogens (primary N) is 1. The molecule has 6 rings (SSSR count). The van der Waals surface area contributed by atoms with E-state index in [1.807, 2.05) is 0 Å². The van der Waals surface area contributed by atoms with E-state index in [9.17, 15) is 19.6 Å². The third-order valence-corrected chi connectivity index (χ3v) is 9.52. The Bertz CT molecular complexity index is 1930. The van der Waals surface area contributed by atoms with Crippen molar-refractivity contribution in [3.8, 4) is 0 Å². The lowest BCUT2D eigenvalue weighted by molar-refractivity contribution is -0.0534. The van der Waals surface area contributed by atoms with Crippen molar-refractivity contribution in [3.63, 3.8) is 0 Å². The Labute approximate surface area is 265 Å². The highest BCUT2D eigenvalue weighted by Crippen LogP contribution is 2.51. The smallest absolute Gasteiger partial charge is 0.387 e. The van der Waals surface area contributed by atoms with Gasteiger partial charge >= 0.3 is 12.8 Å². The number of thiol groups is 1. The van der Waals surface area contributed by atoms with E-state index in [1.54, 1.807) is 0 Å². The van der Waals surface area contributed by atoms with E-state index in [0.29, 0.717) is 0 Å². The molecule has 4 aromatic rings. The molecule has 45 heavy (non-hydrogen) atoms. The van der Waals surface area contributed by atoms with Gasteiger partial charge in [0.15, 0.2) is 47.1 Å². The van der Waals surface area contributed by atoms with Gasteiger partial charge in [0.25, 0.3) is 11.1 Å². The van der Waals surface area contributed by atoms with Gasteiger partial charge in [-0.2, -0.15) is 9.51 Å². The van der Waals surface area contributed by atoms with Crippen LogP contribution in [0.3, 0.4) is 0 Å². The van der Waals surface area contributed by atoms with E-state index >= 15 is 8.78 Å². The molecular weight excluding hydrogens is 706 g/mol. The van der Waals surface area contributed by atoms with Crippen molar-refractivity contribution in [1.29, 1.82) is 0 Å². The van der Waals surface area contributed by atoms with Gasteiger partial charge in [0, 0.05) is 0 Å². The quantitative estimate of drug-likeness (QED) is 0.0931. The van der Waals surface area contributed by atoms with Crippen molar-refractivity contribution < 1.29 is 41.8 Å². The van der Waals surface area contributed by atoms with E-state index in [0.717, 1.165) is 23.5 Å². The number of hydrogen-bond donors (Lipinski definition) is 6. The minimum Gasteiger partial charge on any atom is -0.387 e. The van der Waals surface area contributed by atoms with Crippen molar-refractivity contribution >= 4 is 77.0 Å². The molecule has 6 N–H and O–H groups in total. The SMILES string of the molecule is Nc1nc2c(ncn2[C@@H]2O[C@H](CO[P+](=S)S)[C@@H](F)[C@H]2OP(O)(=S)OC[C@H]2O[C@@H](n3cnc4c(=O)[nH]cnc43)[C@@H](F)[C@@H]2O)c(=O)[nH]1. The third-order valence-electron chi connectivity index (χ3n) is 6.93. The molecule has 0 bridgehead atoms. The van der Waals surface area contributed by atoms with E-state index in [-0.39, 0.29) is 34.9 Å². The summed E-state index contributed by atoms with van der Waals surface area (Å²) in [6, 6.07) is 0. The minimum absolute atomic E-state index is 0.00218. The van der Waals surface area contributed by atoms with E-state index < -0.39 is 79.8 Å². The van der Waals surface area contributed by atoms with Crippen LogP contribution in [0.1, 0.15) is 12.5 Å². The summed E-state index contributed by atoms with van der Waals surface area (Å²) in [5.41, 5.74) is 4.14. The molecule has 18 nitrogen and oxygen atoms in total. The molecule has 25 heteroatoms. The van der Waals surface area contributed by atoms with Crippen LogP contribution in [-0.4, -0.2) is 99.0 Å². The van der Waals surface area contributed by atoms with Crippen LogP contribution in [0.4, 0.5) is 14.7 Å². The molecule has 0 amide bonds. The molecule has 2 aliphatic heterocycles. The Morgan fingerprint density at radius 3 is 2.44 bits per heavy atom. The maximum absolute atomic E-state index is 15.8. The molecule has 0 spiro atoms. The molecule has 2 aliphatic rings. The van der Waals surface area contributed by atoms with Gasteiger partial charge in [-0.25, -0.2) is 23.7 Å². The second-order valence-corrected chi connectivity index (χ2v) is 16.1. The summed E-state index contributed by atoms with van der Waals surface area (Å²) < 4.78 is 60.8. The number of anilines is 1. The second kappa shape index (κ2) is 12.7. The highest BCUT2D eigenvalue weighted by molar-refractivity contribution is 8.54. The number of halogens is 2. The van der Waals surface area contributed by atoms with Gasteiger partial charge in [0.2, 0.25) is 17.8 Å². The summed E-state index contributed by atoms with van der Waals surface area (Å²) >= 11 is 14.0. The van der Waals surface area contributed by atoms with Crippen molar-refractivity contribution in [2.45, 2.75) is 49.2 Å². The predicted molar refractivity (Wildman–Crippen MR) is 161 cm³/mol. The van der Waals surface area contributed by atoms with Crippen LogP contribution in [0.2, 0.25) is 0 Å². The van der Waals surface area contributed by atoms with Crippen LogP contribution < -0.4 is 16.9 Å². The van der Waals surface area contributed by atoms with Gasteiger partial charge in [0.1, 0.15) is 43.3 Å². The highest BCUT2D eigenvalue weighted by atomic mass is 32.9. The molecule has 4 aromatic heterocycles. The monoisotopic (exact) mass is 728 g/mol. The fourth-order valence-electron chi connectivity index (χ4n) is 4.90. The number of H-pyrrole nitrogens is 2. The zero-order chi connectivity index (χ0) is 32.2. The molecule has 0 radical (unpaired) electrons. The second-order valence-electron chi connectivity index (χ2n) is 9.71. The number of nitrogens with zero attached hydrogens (tertiary/aromatic N) is 6. The first kappa shape index (κ1) is 32.5. The lowest BCUT2D eigenvalue weighted by Crippen LogP contribution is -2.33. The number of rotatable bonds is 10. The largest absolute Gasteiger partial charge is 0.411 e. The molecule has 2 unspecified atom stereocenters. The zero-order valence-electron chi connectivity index (χ0n) is 22.2. The van der Waals surface area contributed by atoms with Crippen molar-refractivity contribution in [2.24, 2.45) is 0 Å². The number of aromatic amines is 2. The summed E-state index contributed by atoms with van der Waals surface area (Å²) in [5, 5.41) is 10.5. The van der Waals surface area contributed by atoms with Gasteiger partial charge in [-0.15, -0.1) is 0 Å². The number of nitrogen functional groups attached to an aromatic ring is 1. The average molecular weight is 729 g/mol. The normalized spacial score (nSPS) is 30.3. The number of aliphatic hydroxyl groups excluding tert-OH is 1. The summed E-state index contributed by atoms with van der Waals surface area (Å²) in [5.74, 6) is -0.255. The topological polar surface area (TPSA) is 240 Å². The van der Waals surface area contributed by atoms with Gasteiger partial charge < -0.3 is 34.7 Å². The fraction of sp³-hybridized carbons (Fsp3) is 0.500. The minimum atomic E-state index is -4.38. The highest BCUT2D eigenvalue weighted by Gasteiger charge is 2.51. The number of nitrogens with one attached hydrogen (secondary N) is 2. The number of hydrogen-bond acceptors (Lipinski definition) is 15. The van der Waals surface area contributed by atoms with Crippen LogP contribution in [-0.2, 0) is 46.7 Å². The lowest BCUT2D eigenvalue weighted by Gasteiger charge is -2.26. The van der Waals surface area contributed by atoms with Gasteiger partial charge in [0.05, 0.1) is 25.6 Å². The Morgan fingerprint density at radius 2 is 1.73 bits per heavy atom. The molecule has 10 atom stereocenters. The molecule has 2 saturated heterocycles. The van der Waals surface area contributed by atoms with Gasteiger partial charge in [-0.05, 0) is 11.8 Å². The predicted octanol–water partition coefficient (Wildman–Crippen LogP) is 0.00570. The first-order valence-corrected chi connectivity index (χ1v) is 18.7. The Kier molecular flexibility index (Phi) is 9.15. The maximum atomic E-state index is 15.8. The molecule has 0 saturated carbocycles. The fourth-order valence-corrected chi connectivity index (χ4v) is 6.96. The van der Waals surface area contributed by atoms with E-state index in [1.165, 1.54) is 4.57 Å². The van der Waals surface area contributed by atoms with Crippen molar-refractivity contribution in [1.82, 2.24) is 39.0 Å². The summed E-state index contributed by atoms with van der Waals surface area (Å²) in [6.07, 6.45) is -11.3. The molecular formula is C20H22F2N9O9P2S3+. The van der Waals surface area contributed by atoms with E-state index in [2.05, 4.69) is 42.2 Å². The standard InChI is InChI=1S/C20H21F2N9O9P2S3/c21-8-6(1-36-41(43)44)38-19(31-5-27-11-15(31)28-20(23)29-17(11)34)13(8)40-42(35,45)37-2-7-12(32)9(22)18(39-7)30-4-26-10-14(30)24-3-25-16(10)33/h3-9,12-13,18-19,32H,1-2H2,(H5-,23,24,25,28,29,33,34,35,43,44,45)/p+1/t6-,7-,8-,9+,12-,13-,18-,19-,42?/m1/s1. The Balaban J connectivity index is 1.20. The van der Waals surface area contributed by atoms with Crippen LogP contribution in [0.15, 0.2) is 28.6 Å². The first-order valence-electron chi connectivity index (χ1n) is 12.7. The summed E-state index contributed by atoms with van der Waals surface area (Å²) in [4.78, 5) is 55.7. The Hall–Kier alpha value is -2.40. The van der Waals surface area contributed by atoms with Crippen molar-refractivity contribution in [2.75, 3.05) is 18.9 Å². The molecule has 0 aliphatic carbocycles. The number of aliphatic hydroxyl groups is 1. The molecule has 6 heterocycles. The number of aromatic nitrogens is 8. The number of alkyl halides is 2. The zero-order valence-corrected chi connectivity index (χ0v) is 26.5. The van der Waals surface area contributed by atoms with E-state index in [4.69, 9.17) is 52.4 Å². The summed E-state index contributed by atoms with van der Waals surface area (Å²) in [6.45, 7) is -5.42. The third kappa shape index (κ3) is 6.32. The van der Waals surface area contributed by atoms with Crippen LogP contribution in [0, 0.1) is 0 Å². The van der Waals surface area contributed by atoms with Crippen LogP contribution >= 0.6 is 25.1 Å². The molecule has 0 aromatic carbocycles. The summed E-state index contributed by atoms with van der Waals surface area (Å²) in [7, 11) is 0. The average Bonchev–Trinajstić information content (AvgIpc) is 3.73. The Morgan fingerprint density at radius 1 is 1.07 bits per heavy atom. The lowest BCUT2D eigenvalue weighted by atomic mass is 10.1. The van der Waals surface area contributed by atoms with Crippen LogP contribution in [0.25, 0.3) is 22.3 Å². The molecule has 242 valence electrons. The van der Waals surface area contributed by atoms with Gasteiger partial charge in [-0.3, -0.25) is 28.2 Å². The number of fused-ring (bicyclic) bond motifs is 2. The first-order chi connectivity index (χ1) is 21.3. The molecule has 2 fully saturated rings. The number of imidazole rings is 2. The van der Waals surface area contributed by atoms with Crippen molar-refractivity contribution in [3.05, 3.63) is 39.7 Å². The van der Waals surface area contributed by atoms with Crippen LogP contribution in [0.5, 0.6) is 0 Å². The number of ether oxygens (including phenoxy) is 2. The maximum Gasteiger partial charge on any atom is 0.411 e. The van der Waals surface area contributed by atoms with Gasteiger partial charge in [-0.1, -0.05) is 0 Å².